The third-order valence-electron chi connectivity index (χ3n) is 0.659. The SMILES string of the molecule is C=C(C)C/C=C/C#N. The van der Waals surface area contributed by atoms with Crippen LogP contribution in [0, 0.1) is 11.3 Å². The average Bonchev–Trinajstić information content (AvgIpc) is 1.66. The number of hydrogen-bond acceptors (Lipinski definition) is 1. The van der Waals surface area contributed by atoms with Crippen molar-refractivity contribution >= 4 is 0 Å². The second-order valence-electron chi connectivity index (χ2n) is 1.69. The van der Waals surface area contributed by atoms with E-state index < -0.39 is 0 Å². The quantitative estimate of drug-likeness (QED) is 0.391. The molecule has 0 amide bonds. The van der Waals surface area contributed by atoms with Crippen LogP contribution < -0.4 is 0 Å². The monoisotopic (exact) mass is 107 g/mol. The zero-order valence-electron chi connectivity index (χ0n) is 5.02. The van der Waals surface area contributed by atoms with Crippen LogP contribution in [0.3, 0.4) is 0 Å². The van der Waals surface area contributed by atoms with E-state index in [2.05, 4.69) is 6.58 Å². The Morgan fingerprint density at radius 1 is 1.88 bits per heavy atom. The van der Waals surface area contributed by atoms with Gasteiger partial charge in [0.2, 0.25) is 0 Å². The zero-order chi connectivity index (χ0) is 6.41. The van der Waals surface area contributed by atoms with Crippen molar-refractivity contribution in [2.75, 3.05) is 0 Å². The van der Waals surface area contributed by atoms with Crippen LogP contribution in [0.15, 0.2) is 24.3 Å². The highest BCUT2D eigenvalue weighted by atomic mass is 14.2. The first-order chi connectivity index (χ1) is 3.77. The van der Waals surface area contributed by atoms with Crippen LogP contribution in [-0.4, -0.2) is 0 Å². The molecule has 0 heterocycles. The Morgan fingerprint density at radius 3 is 2.88 bits per heavy atom. The lowest BCUT2D eigenvalue weighted by Gasteiger charge is -1.84. The molecule has 0 bridgehead atoms. The Hall–Kier alpha value is -1.03. The molecule has 1 heteroatoms. The Labute approximate surface area is 49.9 Å². The maximum atomic E-state index is 8.01. The molecule has 0 saturated carbocycles. The van der Waals surface area contributed by atoms with Crippen molar-refractivity contribution in [3.63, 3.8) is 0 Å². The van der Waals surface area contributed by atoms with E-state index in [1.54, 1.807) is 6.08 Å². The molecular formula is C7H9N. The van der Waals surface area contributed by atoms with E-state index in [-0.39, 0.29) is 0 Å². The molecule has 1 nitrogen and oxygen atoms in total. The lowest BCUT2D eigenvalue weighted by molar-refractivity contribution is 1.23. The molecule has 0 N–H and O–H groups in total. The van der Waals surface area contributed by atoms with Gasteiger partial charge in [-0.15, -0.1) is 0 Å². The van der Waals surface area contributed by atoms with Gasteiger partial charge in [0.15, 0.2) is 0 Å². The second kappa shape index (κ2) is 4.14. The molecule has 0 unspecified atom stereocenters. The van der Waals surface area contributed by atoms with Crippen LogP contribution in [0.25, 0.3) is 0 Å². The van der Waals surface area contributed by atoms with Gasteiger partial charge in [-0.3, -0.25) is 0 Å². The van der Waals surface area contributed by atoms with E-state index in [0.29, 0.717) is 0 Å². The van der Waals surface area contributed by atoms with Crippen LogP contribution in [0.2, 0.25) is 0 Å². The van der Waals surface area contributed by atoms with Crippen molar-refractivity contribution in [2.24, 2.45) is 0 Å². The van der Waals surface area contributed by atoms with Crippen molar-refractivity contribution in [2.45, 2.75) is 13.3 Å². The summed E-state index contributed by atoms with van der Waals surface area (Å²) >= 11 is 0. The number of hydrogen-bond donors (Lipinski definition) is 0. The predicted molar refractivity (Wildman–Crippen MR) is 34.2 cm³/mol. The first kappa shape index (κ1) is 6.97. The number of nitriles is 1. The van der Waals surface area contributed by atoms with Crippen molar-refractivity contribution in [1.82, 2.24) is 0 Å². The van der Waals surface area contributed by atoms with E-state index in [1.807, 2.05) is 13.0 Å². The lowest BCUT2D eigenvalue weighted by Crippen LogP contribution is -1.64. The lowest BCUT2D eigenvalue weighted by atomic mass is 10.2. The van der Waals surface area contributed by atoms with Crippen LogP contribution in [0.1, 0.15) is 13.3 Å². The first-order valence-electron chi connectivity index (χ1n) is 2.46. The molecule has 0 aromatic carbocycles. The predicted octanol–water partition coefficient (Wildman–Crippen LogP) is 2.03. The summed E-state index contributed by atoms with van der Waals surface area (Å²) in [5.41, 5.74) is 1.08. The van der Waals surface area contributed by atoms with Gasteiger partial charge in [0.25, 0.3) is 0 Å². The van der Waals surface area contributed by atoms with Gasteiger partial charge in [0.05, 0.1) is 6.07 Å². The van der Waals surface area contributed by atoms with Gasteiger partial charge in [-0.05, 0) is 13.3 Å². The number of rotatable bonds is 2. The van der Waals surface area contributed by atoms with E-state index in [4.69, 9.17) is 5.26 Å². The summed E-state index contributed by atoms with van der Waals surface area (Å²) in [5.74, 6) is 0. The number of nitrogens with zero attached hydrogens (tertiary/aromatic N) is 1. The largest absolute Gasteiger partial charge is 0.193 e. The van der Waals surface area contributed by atoms with E-state index in [0.717, 1.165) is 12.0 Å². The van der Waals surface area contributed by atoms with Gasteiger partial charge in [0.1, 0.15) is 0 Å². The minimum atomic E-state index is 0.813. The van der Waals surface area contributed by atoms with Crippen LogP contribution in [0.5, 0.6) is 0 Å². The van der Waals surface area contributed by atoms with Gasteiger partial charge >= 0.3 is 0 Å². The molecule has 0 aliphatic rings. The van der Waals surface area contributed by atoms with E-state index in [1.165, 1.54) is 6.08 Å². The minimum Gasteiger partial charge on any atom is -0.193 e. The van der Waals surface area contributed by atoms with Crippen molar-refractivity contribution in [3.8, 4) is 6.07 Å². The van der Waals surface area contributed by atoms with Crippen LogP contribution in [0.4, 0.5) is 0 Å². The Morgan fingerprint density at radius 2 is 2.50 bits per heavy atom. The normalized spacial score (nSPS) is 9.00. The molecule has 8 heavy (non-hydrogen) atoms. The van der Waals surface area contributed by atoms with Gasteiger partial charge in [-0.25, -0.2) is 0 Å². The summed E-state index contributed by atoms with van der Waals surface area (Å²) in [6.45, 7) is 5.60. The average molecular weight is 107 g/mol. The van der Waals surface area contributed by atoms with Gasteiger partial charge in [0, 0.05) is 6.08 Å². The molecule has 0 aromatic rings. The summed E-state index contributed by atoms with van der Waals surface area (Å²) in [4.78, 5) is 0. The molecule has 0 saturated heterocycles. The highest BCUT2D eigenvalue weighted by Gasteiger charge is 1.75. The summed E-state index contributed by atoms with van der Waals surface area (Å²) in [6, 6.07) is 1.90. The van der Waals surface area contributed by atoms with Crippen molar-refractivity contribution in [1.29, 1.82) is 5.26 Å². The Bertz CT molecular complexity index is 137. The molecule has 0 rings (SSSR count). The van der Waals surface area contributed by atoms with E-state index >= 15 is 0 Å². The number of allylic oxidation sites excluding steroid dienone is 3. The third kappa shape index (κ3) is 4.97. The first-order valence-corrected chi connectivity index (χ1v) is 2.46. The Kier molecular flexibility index (Phi) is 3.60. The van der Waals surface area contributed by atoms with E-state index in [9.17, 15) is 0 Å². The van der Waals surface area contributed by atoms with Gasteiger partial charge < -0.3 is 0 Å². The summed E-state index contributed by atoms with van der Waals surface area (Å²) in [5, 5.41) is 8.01. The fourth-order valence-electron chi connectivity index (χ4n) is 0.313. The summed E-state index contributed by atoms with van der Waals surface area (Å²) < 4.78 is 0. The fraction of sp³-hybridized carbons (Fsp3) is 0.286. The smallest absolute Gasteiger partial charge is 0.0908 e. The highest BCUT2D eigenvalue weighted by molar-refractivity contribution is 5.06. The molecule has 0 fully saturated rings. The Balaban J connectivity index is 3.34. The van der Waals surface area contributed by atoms with Crippen molar-refractivity contribution in [3.05, 3.63) is 24.3 Å². The highest BCUT2D eigenvalue weighted by Crippen LogP contribution is 1.94. The molecule has 0 atom stereocenters. The third-order valence-corrected chi connectivity index (χ3v) is 0.659. The zero-order valence-corrected chi connectivity index (χ0v) is 5.02. The maximum absolute atomic E-state index is 8.01. The van der Waals surface area contributed by atoms with Gasteiger partial charge in [-0.2, -0.15) is 5.26 Å². The molecule has 0 aromatic heterocycles. The van der Waals surface area contributed by atoms with Crippen molar-refractivity contribution < 1.29 is 0 Å². The fourth-order valence-corrected chi connectivity index (χ4v) is 0.313. The van der Waals surface area contributed by atoms with Gasteiger partial charge in [-0.1, -0.05) is 18.2 Å². The molecule has 0 aliphatic heterocycles. The summed E-state index contributed by atoms with van der Waals surface area (Å²) in [7, 11) is 0. The topological polar surface area (TPSA) is 23.8 Å². The van der Waals surface area contributed by atoms with Crippen LogP contribution in [-0.2, 0) is 0 Å². The molecular weight excluding hydrogens is 98.1 g/mol. The second-order valence-corrected chi connectivity index (χ2v) is 1.69. The molecule has 42 valence electrons. The minimum absolute atomic E-state index is 0.813. The van der Waals surface area contributed by atoms with Crippen LogP contribution >= 0.6 is 0 Å². The maximum Gasteiger partial charge on any atom is 0.0908 e. The molecule has 0 spiro atoms. The standard InChI is InChI=1S/C7H9N/c1-7(2)5-3-4-6-8/h3-4H,1,5H2,2H3/b4-3+. The molecule has 0 aliphatic carbocycles. The molecule has 0 radical (unpaired) electrons. The summed E-state index contributed by atoms with van der Waals surface area (Å²) in [6.07, 6.45) is 4.07.